The molecule has 7 aromatic carbocycles. The molecule has 0 amide bonds. The topological polar surface area (TPSA) is 65.0 Å². The number of aromatic nitrogens is 3. The molecule has 0 saturated heterocycles. The molecule has 0 atom stereocenters. The third-order valence-electron chi connectivity index (χ3n) is 9.35. The summed E-state index contributed by atoms with van der Waals surface area (Å²) in [5.74, 6) is 1.67. The zero-order valence-electron chi connectivity index (χ0n) is 26.7. The minimum Gasteiger partial charge on any atom is -0.456 e. The summed E-state index contributed by atoms with van der Waals surface area (Å²) in [4.78, 5) is 15.5. The molecule has 0 fully saturated rings. The maximum atomic E-state index is 6.45. The van der Waals surface area contributed by atoms with Gasteiger partial charge in [0.05, 0.1) is 5.56 Å². The van der Waals surface area contributed by atoms with Gasteiger partial charge in [0.25, 0.3) is 0 Å². The molecule has 0 aliphatic rings. The Balaban J connectivity index is 1.19. The Morgan fingerprint density at radius 1 is 0.320 bits per heavy atom. The van der Waals surface area contributed by atoms with Crippen LogP contribution in [0.3, 0.4) is 0 Å². The van der Waals surface area contributed by atoms with Crippen LogP contribution in [-0.2, 0) is 0 Å². The fraction of sp³-hybridized carbons (Fsp3) is 0. The Hall–Kier alpha value is -6.85. The monoisotopic (exact) mass is 641 g/mol. The fourth-order valence-corrected chi connectivity index (χ4v) is 6.98. The molecule has 234 valence electrons. The Labute approximate surface area is 287 Å². The van der Waals surface area contributed by atoms with E-state index in [1.807, 2.05) is 66.7 Å². The van der Waals surface area contributed by atoms with Crippen molar-refractivity contribution < 1.29 is 8.83 Å². The van der Waals surface area contributed by atoms with Crippen LogP contribution < -0.4 is 0 Å². The molecule has 0 radical (unpaired) electrons. The highest BCUT2D eigenvalue weighted by atomic mass is 16.3. The molecule has 10 rings (SSSR count). The molecular formula is C45H27N3O2. The highest BCUT2D eigenvalue weighted by Crippen LogP contribution is 2.39. The summed E-state index contributed by atoms with van der Waals surface area (Å²) in [6, 6.07) is 55.8. The minimum atomic E-state index is 0.538. The number of rotatable bonds is 5. The van der Waals surface area contributed by atoms with Gasteiger partial charge in [-0.2, -0.15) is 0 Å². The Bertz CT molecular complexity index is 2890. The van der Waals surface area contributed by atoms with Crippen molar-refractivity contribution in [2.45, 2.75) is 0 Å². The molecule has 0 N–H and O–H groups in total. The van der Waals surface area contributed by atoms with E-state index < -0.39 is 0 Å². The van der Waals surface area contributed by atoms with Gasteiger partial charge in [-0.1, -0.05) is 127 Å². The van der Waals surface area contributed by atoms with Crippen molar-refractivity contribution in [3.05, 3.63) is 164 Å². The van der Waals surface area contributed by atoms with Crippen molar-refractivity contribution in [1.29, 1.82) is 0 Å². The second kappa shape index (κ2) is 11.4. The van der Waals surface area contributed by atoms with Crippen molar-refractivity contribution in [2.24, 2.45) is 0 Å². The van der Waals surface area contributed by atoms with Gasteiger partial charge in [0, 0.05) is 32.7 Å². The number of benzene rings is 7. The van der Waals surface area contributed by atoms with E-state index in [0.29, 0.717) is 17.5 Å². The lowest BCUT2D eigenvalue weighted by molar-refractivity contribution is 0.668. The predicted octanol–water partition coefficient (Wildman–Crippen LogP) is 12.0. The van der Waals surface area contributed by atoms with E-state index in [1.165, 1.54) is 5.56 Å². The third kappa shape index (κ3) is 4.67. The van der Waals surface area contributed by atoms with Crippen LogP contribution in [0.2, 0.25) is 0 Å². The van der Waals surface area contributed by atoms with Crippen molar-refractivity contribution >= 4 is 43.9 Å². The first-order valence-corrected chi connectivity index (χ1v) is 16.6. The molecule has 3 aromatic heterocycles. The average Bonchev–Trinajstić information content (AvgIpc) is 3.77. The summed E-state index contributed by atoms with van der Waals surface area (Å²) in [5, 5.41) is 4.06. The van der Waals surface area contributed by atoms with Crippen LogP contribution in [0.5, 0.6) is 0 Å². The van der Waals surface area contributed by atoms with Crippen LogP contribution >= 0.6 is 0 Å². The molecule has 10 aromatic rings. The van der Waals surface area contributed by atoms with Crippen LogP contribution in [0.15, 0.2) is 173 Å². The summed E-state index contributed by atoms with van der Waals surface area (Å²) in [7, 11) is 0. The van der Waals surface area contributed by atoms with Gasteiger partial charge in [-0.15, -0.1) is 0 Å². The summed E-state index contributed by atoms with van der Waals surface area (Å²) in [5.41, 5.74) is 10.3. The molecule has 5 heteroatoms. The van der Waals surface area contributed by atoms with Gasteiger partial charge in [-0.05, 0) is 58.7 Å². The number of furan rings is 2. The second-order valence-electron chi connectivity index (χ2n) is 12.4. The Kier molecular flexibility index (Phi) is 6.42. The molecule has 0 aliphatic carbocycles. The van der Waals surface area contributed by atoms with E-state index >= 15 is 0 Å². The van der Waals surface area contributed by atoms with Crippen molar-refractivity contribution in [3.8, 4) is 56.4 Å². The molecule has 0 spiro atoms. The lowest BCUT2D eigenvalue weighted by Crippen LogP contribution is -2.00. The normalized spacial score (nSPS) is 11.6. The highest BCUT2D eigenvalue weighted by molar-refractivity contribution is 6.12. The fourth-order valence-electron chi connectivity index (χ4n) is 6.98. The van der Waals surface area contributed by atoms with E-state index in [-0.39, 0.29) is 0 Å². The number of hydrogen-bond acceptors (Lipinski definition) is 5. The van der Waals surface area contributed by atoms with Crippen LogP contribution in [0, 0.1) is 0 Å². The molecule has 0 saturated carbocycles. The molecular weight excluding hydrogens is 615 g/mol. The van der Waals surface area contributed by atoms with Crippen molar-refractivity contribution in [1.82, 2.24) is 15.0 Å². The summed E-state index contributed by atoms with van der Waals surface area (Å²) >= 11 is 0. The first kappa shape index (κ1) is 28.2. The van der Waals surface area contributed by atoms with Gasteiger partial charge in [0.1, 0.15) is 22.3 Å². The lowest BCUT2D eigenvalue weighted by Gasteiger charge is -2.11. The Morgan fingerprint density at radius 3 is 1.62 bits per heavy atom. The first-order chi connectivity index (χ1) is 24.8. The van der Waals surface area contributed by atoms with Gasteiger partial charge in [0.15, 0.2) is 17.5 Å². The van der Waals surface area contributed by atoms with E-state index in [0.717, 1.165) is 77.3 Å². The van der Waals surface area contributed by atoms with E-state index in [4.69, 9.17) is 23.8 Å². The van der Waals surface area contributed by atoms with Crippen LogP contribution in [0.25, 0.3) is 100 Å². The predicted molar refractivity (Wildman–Crippen MR) is 202 cm³/mol. The first-order valence-electron chi connectivity index (χ1n) is 16.6. The quantitative estimate of drug-likeness (QED) is 0.187. The number of para-hydroxylation sites is 3. The largest absolute Gasteiger partial charge is 0.456 e. The smallest absolute Gasteiger partial charge is 0.167 e. The molecule has 50 heavy (non-hydrogen) atoms. The van der Waals surface area contributed by atoms with Gasteiger partial charge in [-0.3, -0.25) is 0 Å². The summed E-state index contributed by atoms with van der Waals surface area (Å²) < 4.78 is 12.7. The highest BCUT2D eigenvalue weighted by Gasteiger charge is 2.20. The van der Waals surface area contributed by atoms with Crippen molar-refractivity contribution in [3.63, 3.8) is 0 Å². The van der Waals surface area contributed by atoms with Gasteiger partial charge in [0.2, 0.25) is 0 Å². The SMILES string of the molecule is c1ccc(-c2cccc(-c3cccc(-c4nc(-c5cccc6c5oc5ccccc56)nc(-c5cccc6oc7ccccc7c56)n4)c3)c2)cc1. The van der Waals surface area contributed by atoms with Gasteiger partial charge < -0.3 is 8.83 Å². The maximum Gasteiger partial charge on any atom is 0.167 e. The molecule has 5 nitrogen and oxygen atoms in total. The maximum absolute atomic E-state index is 6.45. The van der Waals surface area contributed by atoms with Gasteiger partial charge >= 0.3 is 0 Å². The molecule has 3 heterocycles. The van der Waals surface area contributed by atoms with E-state index in [9.17, 15) is 0 Å². The summed E-state index contributed by atoms with van der Waals surface area (Å²) in [6.07, 6.45) is 0. The zero-order valence-corrected chi connectivity index (χ0v) is 26.7. The zero-order chi connectivity index (χ0) is 33.0. The number of nitrogens with zero attached hydrogens (tertiary/aromatic N) is 3. The van der Waals surface area contributed by atoms with Crippen molar-refractivity contribution in [2.75, 3.05) is 0 Å². The second-order valence-corrected chi connectivity index (χ2v) is 12.4. The van der Waals surface area contributed by atoms with Crippen LogP contribution in [-0.4, -0.2) is 15.0 Å². The van der Waals surface area contributed by atoms with Crippen LogP contribution in [0.4, 0.5) is 0 Å². The minimum absolute atomic E-state index is 0.538. The van der Waals surface area contributed by atoms with Gasteiger partial charge in [-0.25, -0.2) is 15.0 Å². The lowest BCUT2D eigenvalue weighted by atomic mass is 9.98. The molecule has 0 aliphatic heterocycles. The molecule has 0 bridgehead atoms. The number of hydrogen-bond donors (Lipinski definition) is 0. The molecule has 0 unspecified atom stereocenters. The standard InChI is InChI=1S/C45H27N3O2/c1-2-12-28(13-3-1)29-14-8-15-30(26-29)31-16-9-17-32(27-31)43-46-44(36-21-11-25-40-41(36)35-19-5-7-24-39(35)49-40)48-45(47-43)37-22-10-20-34-33-18-4-6-23-38(33)50-42(34)37/h1-27H. The number of fused-ring (bicyclic) bond motifs is 6. The average molecular weight is 642 g/mol. The van der Waals surface area contributed by atoms with E-state index in [1.54, 1.807) is 0 Å². The van der Waals surface area contributed by atoms with Crippen LogP contribution in [0.1, 0.15) is 0 Å². The summed E-state index contributed by atoms with van der Waals surface area (Å²) in [6.45, 7) is 0. The third-order valence-corrected chi connectivity index (χ3v) is 9.35. The van der Waals surface area contributed by atoms with E-state index in [2.05, 4.69) is 97.1 Å². The Morgan fingerprint density at radius 2 is 0.820 bits per heavy atom.